The number of rotatable bonds is 3. The van der Waals surface area contributed by atoms with E-state index in [1.807, 2.05) is 29.2 Å². The van der Waals surface area contributed by atoms with Crippen molar-refractivity contribution in [2.75, 3.05) is 19.8 Å². The lowest BCUT2D eigenvalue weighted by Crippen LogP contribution is -2.51. The fourth-order valence-corrected chi connectivity index (χ4v) is 3.89. The molecule has 2 aliphatic rings. The Morgan fingerprint density at radius 1 is 1.16 bits per heavy atom. The van der Waals surface area contributed by atoms with E-state index in [1.165, 1.54) is 0 Å². The fourth-order valence-electron chi connectivity index (χ4n) is 3.89. The van der Waals surface area contributed by atoms with Crippen LogP contribution in [0.15, 0.2) is 29.1 Å². The number of fused-ring (bicyclic) bond motifs is 1. The number of piperidine rings is 1. The van der Waals surface area contributed by atoms with Gasteiger partial charge in [0.2, 0.25) is 5.91 Å². The van der Waals surface area contributed by atoms with E-state index in [0.29, 0.717) is 19.8 Å². The molecule has 0 N–H and O–H groups in total. The Morgan fingerprint density at radius 3 is 2.64 bits per heavy atom. The van der Waals surface area contributed by atoms with Crippen molar-refractivity contribution in [3.05, 3.63) is 34.7 Å². The minimum atomic E-state index is -0.339. The zero-order valence-corrected chi connectivity index (χ0v) is 14.4. The SMILES string of the molecule is Cn1c(=O)n(CC(=O)N2CCCC[C@H]2C2OCCO2)c2ccccc21. The number of aromatic nitrogens is 2. The van der Waals surface area contributed by atoms with Crippen molar-refractivity contribution >= 4 is 16.9 Å². The van der Waals surface area contributed by atoms with Gasteiger partial charge in [0, 0.05) is 13.6 Å². The molecule has 7 nitrogen and oxygen atoms in total. The number of aryl methyl sites for hydroxylation is 1. The minimum Gasteiger partial charge on any atom is -0.348 e. The molecule has 0 spiro atoms. The van der Waals surface area contributed by atoms with Crippen molar-refractivity contribution in [3.63, 3.8) is 0 Å². The zero-order valence-electron chi connectivity index (χ0n) is 14.4. The second kappa shape index (κ2) is 6.65. The van der Waals surface area contributed by atoms with E-state index in [9.17, 15) is 9.59 Å². The van der Waals surface area contributed by atoms with E-state index in [1.54, 1.807) is 16.2 Å². The molecule has 0 bridgehead atoms. The van der Waals surface area contributed by atoms with Crippen molar-refractivity contribution < 1.29 is 14.3 Å². The molecule has 1 atom stereocenters. The standard InChI is InChI=1S/C18H23N3O4/c1-19-13-6-2-3-7-14(13)21(18(19)23)12-16(22)20-9-5-4-8-15(20)17-24-10-11-25-17/h2-3,6-7,15,17H,4-5,8-12H2,1H3/t15-/m0/s1. The summed E-state index contributed by atoms with van der Waals surface area (Å²) in [6.45, 7) is 1.88. The van der Waals surface area contributed by atoms with Gasteiger partial charge in [-0.3, -0.25) is 13.9 Å². The molecule has 134 valence electrons. The highest BCUT2D eigenvalue weighted by atomic mass is 16.7. The maximum atomic E-state index is 13.0. The van der Waals surface area contributed by atoms with E-state index in [0.717, 1.165) is 30.3 Å². The smallest absolute Gasteiger partial charge is 0.329 e. The van der Waals surface area contributed by atoms with E-state index in [4.69, 9.17) is 9.47 Å². The van der Waals surface area contributed by atoms with Crippen LogP contribution in [0.25, 0.3) is 11.0 Å². The number of amides is 1. The summed E-state index contributed by atoms with van der Waals surface area (Å²) in [4.78, 5) is 27.4. The number of ether oxygens (including phenoxy) is 2. The Hall–Kier alpha value is -2.12. The topological polar surface area (TPSA) is 65.7 Å². The van der Waals surface area contributed by atoms with Gasteiger partial charge in [-0.15, -0.1) is 0 Å². The first-order valence-electron chi connectivity index (χ1n) is 8.84. The molecule has 3 heterocycles. The second-order valence-electron chi connectivity index (χ2n) is 6.68. The van der Waals surface area contributed by atoms with E-state index in [-0.39, 0.29) is 30.5 Å². The molecule has 1 aromatic carbocycles. The van der Waals surface area contributed by atoms with Crippen LogP contribution in [0, 0.1) is 0 Å². The summed E-state index contributed by atoms with van der Waals surface area (Å²) >= 11 is 0. The molecule has 2 aromatic rings. The molecule has 1 amide bonds. The number of hydrogen-bond donors (Lipinski definition) is 0. The normalized spacial score (nSPS) is 22.0. The highest BCUT2D eigenvalue weighted by molar-refractivity contribution is 5.81. The summed E-state index contributed by atoms with van der Waals surface area (Å²) in [6.07, 6.45) is 2.57. The van der Waals surface area contributed by atoms with Crippen LogP contribution in [-0.4, -0.2) is 52.0 Å². The highest BCUT2D eigenvalue weighted by Gasteiger charge is 2.36. The van der Waals surface area contributed by atoms with Crippen molar-refractivity contribution in [2.24, 2.45) is 7.05 Å². The predicted molar refractivity (Wildman–Crippen MR) is 92.2 cm³/mol. The molecule has 0 saturated carbocycles. The molecule has 0 unspecified atom stereocenters. The Bertz CT molecular complexity index is 834. The van der Waals surface area contributed by atoms with Gasteiger partial charge in [0.15, 0.2) is 6.29 Å². The molecule has 1 aromatic heterocycles. The average Bonchev–Trinajstić information content (AvgIpc) is 3.26. The maximum Gasteiger partial charge on any atom is 0.329 e. The molecular formula is C18H23N3O4. The fraction of sp³-hybridized carbons (Fsp3) is 0.556. The van der Waals surface area contributed by atoms with E-state index in [2.05, 4.69) is 0 Å². The van der Waals surface area contributed by atoms with Crippen LogP contribution in [0.4, 0.5) is 0 Å². The first-order chi connectivity index (χ1) is 12.2. The van der Waals surface area contributed by atoms with Gasteiger partial charge in [0.25, 0.3) is 0 Å². The van der Waals surface area contributed by atoms with E-state index < -0.39 is 0 Å². The van der Waals surface area contributed by atoms with Crippen molar-refractivity contribution in [1.29, 1.82) is 0 Å². The number of carbonyl (C=O) groups excluding carboxylic acids is 1. The quantitative estimate of drug-likeness (QED) is 0.835. The van der Waals surface area contributed by atoms with Gasteiger partial charge in [-0.1, -0.05) is 12.1 Å². The van der Waals surface area contributed by atoms with Gasteiger partial charge in [-0.05, 0) is 31.4 Å². The first kappa shape index (κ1) is 16.4. The Morgan fingerprint density at radius 2 is 1.88 bits per heavy atom. The molecule has 2 saturated heterocycles. The summed E-state index contributed by atoms with van der Waals surface area (Å²) in [6, 6.07) is 7.48. The van der Waals surface area contributed by atoms with Crippen LogP contribution in [0.1, 0.15) is 19.3 Å². The third kappa shape index (κ3) is 2.87. The van der Waals surface area contributed by atoms with Gasteiger partial charge in [0.05, 0.1) is 30.3 Å². The summed E-state index contributed by atoms with van der Waals surface area (Å²) in [5, 5.41) is 0. The maximum absolute atomic E-state index is 13.0. The molecule has 0 aliphatic carbocycles. The van der Waals surface area contributed by atoms with E-state index >= 15 is 0 Å². The Kier molecular flexibility index (Phi) is 4.35. The zero-order chi connectivity index (χ0) is 17.4. The number of hydrogen-bond acceptors (Lipinski definition) is 4. The van der Waals surface area contributed by atoms with Crippen molar-refractivity contribution in [2.45, 2.75) is 38.1 Å². The molecule has 7 heteroatoms. The molecule has 0 radical (unpaired) electrons. The number of nitrogens with zero attached hydrogens (tertiary/aromatic N) is 3. The second-order valence-corrected chi connectivity index (χ2v) is 6.68. The van der Waals surface area contributed by atoms with Gasteiger partial charge < -0.3 is 14.4 Å². The lowest BCUT2D eigenvalue weighted by Gasteiger charge is -2.38. The molecule has 25 heavy (non-hydrogen) atoms. The summed E-state index contributed by atoms with van der Waals surface area (Å²) in [5.41, 5.74) is 1.44. The summed E-state index contributed by atoms with van der Waals surface area (Å²) in [5.74, 6) is -0.0535. The minimum absolute atomic E-state index is 0.0450. The van der Waals surface area contributed by atoms with Crippen LogP contribution < -0.4 is 5.69 Å². The third-order valence-corrected chi connectivity index (χ3v) is 5.18. The van der Waals surface area contributed by atoms with Crippen molar-refractivity contribution in [3.8, 4) is 0 Å². The number of likely N-dealkylation sites (tertiary alicyclic amines) is 1. The predicted octanol–water partition coefficient (Wildman–Crippen LogP) is 1.09. The van der Waals surface area contributed by atoms with Crippen LogP contribution in [0.5, 0.6) is 0 Å². The third-order valence-electron chi connectivity index (χ3n) is 5.18. The van der Waals surface area contributed by atoms with Gasteiger partial charge in [-0.2, -0.15) is 0 Å². The number of carbonyl (C=O) groups is 1. The van der Waals surface area contributed by atoms with Crippen LogP contribution >= 0.6 is 0 Å². The highest BCUT2D eigenvalue weighted by Crippen LogP contribution is 2.25. The number of imidazole rings is 1. The van der Waals surface area contributed by atoms with Gasteiger partial charge >= 0.3 is 5.69 Å². The van der Waals surface area contributed by atoms with Crippen LogP contribution in [0.2, 0.25) is 0 Å². The largest absolute Gasteiger partial charge is 0.348 e. The monoisotopic (exact) mass is 345 g/mol. The Labute approximate surface area is 145 Å². The molecule has 4 rings (SSSR count). The van der Waals surface area contributed by atoms with Crippen LogP contribution in [-0.2, 0) is 27.9 Å². The van der Waals surface area contributed by atoms with Gasteiger partial charge in [-0.25, -0.2) is 4.79 Å². The number of benzene rings is 1. The lowest BCUT2D eigenvalue weighted by atomic mass is 10.0. The average molecular weight is 345 g/mol. The summed E-state index contributed by atoms with van der Waals surface area (Å²) in [7, 11) is 1.73. The molecule has 2 fully saturated rings. The molecule has 2 aliphatic heterocycles. The van der Waals surface area contributed by atoms with Gasteiger partial charge in [0.1, 0.15) is 6.54 Å². The molecular weight excluding hydrogens is 322 g/mol. The summed E-state index contributed by atoms with van der Waals surface area (Å²) < 4.78 is 14.4. The number of para-hydroxylation sites is 2. The van der Waals surface area contributed by atoms with Crippen molar-refractivity contribution in [1.82, 2.24) is 14.0 Å². The lowest BCUT2D eigenvalue weighted by molar-refractivity contribution is -0.151. The van der Waals surface area contributed by atoms with Crippen LogP contribution in [0.3, 0.4) is 0 Å². The first-order valence-corrected chi connectivity index (χ1v) is 8.84. The Balaban J connectivity index is 1.61.